The molecule has 0 aromatic carbocycles. The molecule has 3 aliphatic carbocycles. The van der Waals surface area contributed by atoms with Crippen molar-refractivity contribution in [2.45, 2.75) is 57.8 Å². The van der Waals surface area contributed by atoms with Crippen LogP contribution in [-0.4, -0.2) is 12.6 Å². The SMILES string of the molecule is O=C(/C=C/C1CCCCC1)OCC1CC2CCC1C2. The van der Waals surface area contributed by atoms with Gasteiger partial charge in [0.1, 0.15) is 0 Å². The summed E-state index contributed by atoms with van der Waals surface area (Å²) in [6.45, 7) is 0.662. The van der Waals surface area contributed by atoms with Crippen molar-refractivity contribution < 1.29 is 9.53 Å². The lowest BCUT2D eigenvalue weighted by atomic mass is 9.89. The van der Waals surface area contributed by atoms with Crippen LogP contribution >= 0.6 is 0 Å². The molecule has 3 aliphatic rings. The molecular weight excluding hydrogens is 236 g/mol. The van der Waals surface area contributed by atoms with Crippen molar-refractivity contribution in [1.82, 2.24) is 0 Å². The summed E-state index contributed by atoms with van der Waals surface area (Å²) in [5.74, 6) is 2.94. The molecule has 3 unspecified atom stereocenters. The van der Waals surface area contributed by atoms with Crippen LogP contribution in [0.1, 0.15) is 57.8 Å². The minimum atomic E-state index is -0.117. The van der Waals surface area contributed by atoms with Crippen molar-refractivity contribution in [3.8, 4) is 0 Å². The topological polar surface area (TPSA) is 26.3 Å². The maximum absolute atomic E-state index is 11.7. The lowest BCUT2D eigenvalue weighted by molar-refractivity contribution is -0.139. The Balaban J connectivity index is 1.38. The molecule has 0 spiro atoms. The number of hydrogen-bond donors (Lipinski definition) is 0. The normalized spacial score (nSPS) is 35.1. The van der Waals surface area contributed by atoms with E-state index in [-0.39, 0.29) is 5.97 Å². The van der Waals surface area contributed by atoms with Crippen molar-refractivity contribution in [1.29, 1.82) is 0 Å². The molecule has 2 heteroatoms. The monoisotopic (exact) mass is 262 g/mol. The summed E-state index contributed by atoms with van der Waals surface area (Å²) in [5, 5.41) is 0. The van der Waals surface area contributed by atoms with Crippen molar-refractivity contribution in [3.05, 3.63) is 12.2 Å². The molecule has 0 amide bonds. The van der Waals surface area contributed by atoms with E-state index >= 15 is 0 Å². The molecule has 0 saturated heterocycles. The average molecular weight is 262 g/mol. The molecule has 0 radical (unpaired) electrons. The van der Waals surface area contributed by atoms with E-state index in [1.165, 1.54) is 57.8 Å². The highest BCUT2D eigenvalue weighted by Crippen LogP contribution is 2.48. The molecule has 0 N–H and O–H groups in total. The van der Waals surface area contributed by atoms with Crippen molar-refractivity contribution in [2.75, 3.05) is 6.61 Å². The zero-order chi connectivity index (χ0) is 13.1. The summed E-state index contributed by atoms with van der Waals surface area (Å²) < 4.78 is 5.44. The molecule has 2 nitrogen and oxygen atoms in total. The maximum Gasteiger partial charge on any atom is 0.330 e. The van der Waals surface area contributed by atoms with E-state index in [4.69, 9.17) is 4.74 Å². The second-order valence-electron chi connectivity index (χ2n) is 6.82. The van der Waals surface area contributed by atoms with Gasteiger partial charge in [0.25, 0.3) is 0 Å². The largest absolute Gasteiger partial charge is 0.462 e. The second-order valence-corrected chi connectivity index (χ2v) is 6.82. The van der Waals surface area contributed by atoms with E-state index < -0.39 is 0 Å². The lowest BCUT2D eigenvalue weighted by Crippen LogP contribution is -2.18. The number of hydrogen-bond acceptors (Lipinski definition) is 2. The van der Waals surface area contributed by atoms with Gasteiger partial charge in [-0.1, -0.05) is 31.8 Å². The van der Waals surface area contributed by atoms with Gasteiger partial charge in [-0.25, -0.2) is 4.79 Å². The van der Waals surface area contributed by atoms with Crippen LogP contribution in [0.25, 0.3) is 0 Å². The van der Waals surface area contributed by atoms with E-state index in [1.54, 1.807) is 6.08 Å². The van der Waals surface area contributed by atoms with Gasteiger partial charge in [-0.05, 0) is 55.8 Å². The maximum atomic E-state index is 11.7. The molecular formula is C17H26O2. The van der Waals surface area contributed by atoms with Crippen LogP contribution in [0.4, 0.5) is 0 Å². The Hall–Kier alpha value is -0.790. The third-order valence-electron chi connectivity index (χ3n) is 5.48. The minimum Gasteiger partial charge on any atom is -0.462 e. The van der Waals surface area contributed by atoms with E-state index in [2.05, 4.69) is 6.08 Å². The predicted octanol–water partition coefficient (Wildman–Crippen LogP) is 4.10. The smallest absolute Gasteiger partial charge is 0.330 e. The quantitative estimate of drug-likeness (QED) is 0.563. The van der Waals surface area contributed by atoms with Gasteiger partial charge in [-0.15, -0.1) is 0 Å². The molecule has 0 aromatic heterocycles. The Morgan fingerprint density at radius 3 is 2.58 bits per heavy atom. The summed E-state index contributed by atoms with van der Waals surface area (Å²) in [6, 6.07) is 0. The highest BCUT2D eigenvalue weighted by molar-refractivity contribution is 5.81. The number of rotatable bonds is 4. The fourth-order valence-corrected chi connectivity index (χ4v) is 4.36. The van der Waals surface area contributed by atoms with Crippen LogP contribution in [-0.2, 0) is 9.53 Å². The standard InChI is InChI=1S/C17H26O2/c18-17(9-7-13-4-2-1-3-5-13)19-12-16-11-14-6-8-15(16)10-14/h7,9,13-16H,1-6,8,10-12H2/b9-7+. The van der Waals surface area contributed by atoms with Crippen molar-refractivity contribution >= 4 is 5.97 Å². The van der Waals surface area contributed by atoms with E-state index in [9.17, 15) is 4.79 Å². The van der Waals surface area contributed by atoms with Crippen LogP contribution in [0.5, 0.6) is 0 Å². The first-order valence-corrected chi connectivity index (χ1v) is 8.16. The van der Waals surface area contributed by atoms with E-state index in [0.717, 1.165) is 11.8 Å². The third kappa shape index (κ3) is 3.40. The van der Waals surface area contributed by atoms with Gasteiger partial charge in [-0.2, -0.15) is 0 Å². The number of carbonyl (C=O) groups excluding carboxylic acids is 1. The third-order valence-corrected chi connectivity index (χ3v) is 5.48. The first-order chi connectivity index (χ1) is 9.31. The zero-order valence-corrected chi connectivity index (χ0v) is 11.9. The second kappa shape index (κ2) is 6.11. The van der Waals surface area contributed by atoms with Gasteiger partial charge >= 0.3 is 5.97 Å². The predicted molar refractivity (Wildman–Crippen MR) is 75.6 cm³/mol. The van der Waals surface area contributed by atoms with Crippen LogP contribution in [0.15, 0.2) is 12.2 Å². The Morgan fingerprint density at radius 1 is 1.05 bits per heavy atom. The van der Waals surface area contributed by atoms with Crippen LogP contribution < -0.4 is 0 Å². The fourth-order valence-electron chi connectivity index (χ4n) is 4.36. The molecule has 0 aromatic rings. The highest BCUT2D eigenvalue weighted by atomic mass is 16.5. The summed E-state index contributed by atoms with van der Waals surface area (Å²) in [5.41, 5.74) is 0. The molecule has 3 fully saturated rings. The van der Waals surface area contributed by atoms with Gasteiger partial charge in [0.05, 0.1) is 6.61 Å². The average Bonchev–Trinajstić information content (AvgIpc) is 3.06. The fraction of sp³-hybridized carbons (Fsp3) is 0.824. The lowest BCUT2D eigenvalue weighted by Gasteiger charge is -2.21. The zero-order valence-electron chi connectivity index (χ0n) is 11.9. The van der Waals surface area contributed by atoms with Crippen LogP contribution in [0, 0.1) is 23.7 Å². The molecule has 0 heterocycles. The van der Waals surface area contributed by atoms with Gasteiger partial charge in [-0.3, -0.25) is 0 Å². The number of ether oxygens (including phenoxy) is 1. The van der Waals surface area contributed by atoms with Crippen molar-refractivity contribution in [2.24, 2.45) is 23.7 Å². The molecule has 19 heavy (non-hydrogen) atoms. The first-order valence-electron chi connectivity index (χ1n) is 8.16. The van der Waals surface area contributed by atoms with Gasteiger partial charge in [0, 0.05) is 6.08 Å². The molecule has 2 bridgehead atoms. The number of carbonyl (C=O) groups is 1. The summed E-state index contributed by atoms with van der Waals surface area (Å²) in [6.07, 6.45) is 15.7. The summed E-state index contributed by atoms with van der Waals surface area (Å²) >= 11 is 0. The van der Waals surface area contributed by atoms with Gasteiger partial charge in [0.15, 0.2) is 0 Å². The highest BCUT2D eigenvalue weighted by Gasteiger charge is 2.39. The summed E-state index contributed by atoms with van der Waals surface area (Å²) in [7, 11) is 0. The van der Waals surface area contributed by atoms with Gasteiger partial charge in [0.2, 0.25) is 0 Å². The number of fused-ring (bicyclic) bond motifs is 2. The molecule has 0 aliphatic heterocycles. The Bertz CT molecular complexity index is 341. The Labute approximate surface area is 116 Å². The Kier molecular flexibility index (Phi) is 4.24. The van der Waals surface area contributed by atoms with Crippen LogP contribution in [0.3, 0.4) is 0 Å². The number of allylic oxidation sites excluding steroid dienone is 1. The minimum absolute atomic E-state index is 0.117. The van der Waals surface area contributed by atoms with Crippen LogP contribution in [0.2, 0.25) is 0 Å². The molecule has 3 rings (SSSR count). The van der Waals surface area contributed by atoms with E-state index in [0.29, 0.717) is 18.4 Å². The summed E-state index contributed by atoms with van der Waals surface area (Å²) in [4.78, 5) is 11.7. The van der Waals surface area contributed by atoms with E-state index in [1.807, 2.05) is 0 Å². The first kappa shape index (κ1) is 13.2. The number of esters is 1. The molecule has 106 valence electrons. The molecule has 3 saturated carbocycles. The van der Waals surface area contributed by atoms with Crippen molar-refractivity contribution in [3.63, 3.8) is 0 Å². The Morgan fingerprint density at radius 2 is 1.89 bits per heavy atom. The molecule has 3 atom stereocenters. The van der Waals surface area contributed by atoms with Gasteiger partial charge < -0.3 is 4.74 Å².